The summed E-state index contributed by atoms with van der Waals surface area (Å²) in [5, 5.41) is 13.5. The number of rotatable bonds is 5. The molecule has 0 saturated heterocycles. The van der Waals surface area contributed by atoms with E-state index in [2.05, 4.69) is 10.1 Å². The van der Waals surface area contributed by atoms with E-state index in [0.717, 1.165) is 11.4 Å². The van der Waals surface area contributed by atoms with Crippen molar-refractivity contribution < 1.29 is 14.7 Å². The van der Waals surface area contributed by atoms with Crippen molar-refractivity contribution in [2.45, 2.75) is 33.7 Å². The van der Waals surface area contributed by atoms with Crippen LogP contribution in [0.2, 0.25) is 5.02 Å². The van der Waals surface area contributed by atoms with Crippen LogP contribution in [0.4, 0.5) is 0 Å². The van der Waals surface area contributed by atoms with Gasteiger partial charge in [-0.2, -0.15) is 5.10 Å². The first-order chi connectivity index (χ1) is 11.2. The molecule has 1 N–H and O–H groups in total. The van der Waals surface area contributed by atoms with E-state index in [0.29, 0.717) is 5.82 Å². The van der Waals surface area contributed by atoms with E-state index < -0.39 is 18.4 Å². The molecule has 2 rings (SSSR count). The van der Waals surface area contributed by atoms with Gasteiger partial charge in [0.1, 0.15) is 12.2 Å². The lowest BCUT2D eigenvalue weighted by atomic mass is 10.2. The highest BCUT2D eigenvalue weighted by atomic mass is 35.5. The number of carboxylic acid groups (broad SMARTS) is 1. The normalized spacial score (nSPS) is 10.9. The van der Waals surface area contributed by atoms with Crippen LogP contribution in [0.5, 0.6) is 0 Å². The largest absolute Gasteiger partial charge is 0.480 e. The lowest BCUT2D eigenvalue weighted by Gasteiger charge is -2.25. The second-order valence-corrected chi connectivity index (χ2v) is 6.17. The fraction of sp³-hybridized carbons (Fsp3) is 0.375. The molecule has 0 spiro atoms. The van der Waals surface area contributed by atoms with Gasteiger partial charge in [0.2, 0.25) is 0 Å². The number of aryl methyl sites for hydroxylation is 2. The summed E-state index contributed by atoms with van der Waals surface area (Å²) in [5.74, 6) is -1.17. The van der Waals surface area contributed by atoms with E-state index in [1.165, 1.54) is 4.90 Å². The molecule has 0 atom stereocenters. The van der Waals surface area contributed by atoms with E-state index in [9.17, 15) is 9.59 Å². The molecule has 0 aliphatic heterocycles. The fourth-order valence-corrected chi connectivity index (χ4v) is 2.52. The van der Waals surface area contributed by atoms with E-state index in [1.54, 1.807) is 30.7 Å². The number of halogens is 1. The zero-order valence-electron chi connectivity index (χ0n) is 13.9. The van der Waals surface area contributed by atoms with Crippen LogP contribution >= 0.6 is 11.6 Å². The highest BCUT2D eigenvalue weighted by molar-refractivity contribution is 6.33. The number of aliphatic carboxylic acids is 1. The lowest BCUT2D eigenvalue weighted by molar-refractivity contribution is -0.138. The average molecular weight is 351 g/mol. The van der Waals surface area contributed by atoms with Crippen molar-refractivity contribution in [2.75, 3.05) is 6.54 Å². The van der Waals surface area contributed by atoms with Crippen LogP contribution in [0.1, 0.15) is 35.7 Å². The number of hydrogen-bond acceptors (Lipinski definition) is 4. The molecule has 128 valence electrons. The minimum Gasteiger partial charge on any atom is -0.480 e. The van der Waals surface area contributed by atoms with Gasteiger partial charge in [-0.05, 0) is 45.9 Å². The SMILES string of the molecule is Cc1cc(C)n(-c2ccc(Cl)c(C(=O)N(CC(=O)O)C(C)C)n2)n1. The van der Waals surface area contributed by atoms with E-state index in [4.69, 9.17) is 16.7 Å². The van der Waals surface area contributed by atoms with Gasteiger partial charge in [-0.25, -0.2) is 9.67 Å². The molecule has 1 amide bonds. The highest BCUT2D eigenvalue weighted by Crippen LogP contribution is 2.20. The molecular formula is C16H19ClN4O3. The molecule has 0 bridgehead atoms. The van der Waals surface area contributed by atoms with Gasteiger partial charge in [0.05, 0.1) is 10.7 Å². The van der Waals surface area contributed by atoms with Crippen LogP contribution in [-0.4, -0.2) is 49.2 Å². The number of aromatic nitrogens is 3. The molecule has 8 heteroatoms. The minimum absolute atomic E-state index is 0.0108. The predicted octanol–water partition coefficient (Wildman–Crippen LogP) is 2.47. The topological polar surface area (TPSA) is 88.3 Å². The third kappa shape index (κ3) is 3.73. The zero-order chi connectivity index (χ0) is 18.0. The number of nitrogens with zero attached hydrogens (tertiary/aromatic N) is 4. The smallest absolute Gasteiger partial charge is 0.323 e. The Morgan fingerprint density at radius 1 is 1.33 bits per heavy atom. The monoisotopic (exact) mass is 350 g/mol. The van der Waals surface area contributed by atoms with Gasteiger partial charge < -0.3 is 10.0 Å². The van der Waals surface area contributed by atoms with Crippen molar-refractivity contribution in [3.63, 3.8) is 0 Å². The number of carbonyl (C=O) groups is 2. The maximum absolute atomic E-state index is 12.7. The molecule has 0 unspecified atom stereocenters. The van der Waals surface area contributed by atoms with E-state index in [-0.39, 0.29) is 16.8 Å². The first kappa shape index (κ1) is 17.9. The Bertz CT molecular complexity index is 786. The number of amides is 1. The van der Waals surface area contributed by atoms with Gasteiger partial charge >= 0.3 is 5.97 Å². The highest BCUT2D eigenvalue weighted by Gasteiger charge is 2.25. The van der Waals surface area contributed by atoms with Crippen LogP contribution in [-0.2, 0) is 4.79 Å². The van der Waals surface area contributed by atoms with Crippen LogP contribution in [0, 0.1) is 13.8 Å². The Hall–Kier alpha value is -2.41. The van der Waals surface area contributed by atoms with E-state index >= 15 is 0 Å². The summed E-state index contributed by atoms with van der Waals surface area (Å²) < 4.78 is 1.61. The van der Waals surface area contributed by atoms with Gasteiger partial charge in [-0.15, -0.1) is 0 Å². The van der Waals surface area contributed by atoms with Crippen LogP contribution in [0.3, 0.4) is 0 Å². The summed E-state index contributed by atoms with van der Waals surface area (Å²) in [6.07, 6.45) is 0. The van der Waals surface area contributed by atoms with Crippen LogP contribution < -0.4 is 0 Å². The summed E-state index contributed by atoms with van der Waals surface area (Å²) in [6.45, 7) is 6.79. The summed E-state index contributed by atoms with van der Waals surface area (Å²) in [5.41, 5.74) is 1.70. The van der Waals surface area contributed by atoms with Gasteiger partial charge in [-0.3, -0.25) is 9.59 Å². The Morgan fingerprint density at radius 2 is 2.00 bits per heavy atom. The van der Waals surface area contributed by atoms with E-state index in [1.807, 2.05) is 19.9 Å². The zero-order valence-corrected chi connectivity index (χ0v) is 14.7. The predicted molar refractivity (Wildman–Crippen MR) is 89.7 cm³/mol. The number of hydrogen-bond donors (Lipinski definition) is 1. The molecule has 0 radical (unpaired) electrons. The molecule has 2 aromatic heterocycles. The maximum atomic E-state index is 12.7. The summed E-state index contributed by atoms with van der Waals surface area (Å²) in [4.78, 5) is 29.2. The Kier molecular flexibility index (Phi) is 5.23. The molecule has 7 nitrogen and oxygen atoms in total. The Labute approximate surface area is 144 Å². The van der Waals surface area contributed by atoms with Gasteiger partial charge in [0.25, 0.3) is 5.91 Å². The molecule has 24 heavy (non-hydrogen) atoms. The summed E-state index contributed by atoms with van der Waals surface area (Å²) in [7, 11) is 0. The van der Waals surface area contributed by atoms with Crippen molar-refractivity contribution in [1.29, 1.82) is 0 Å². The maximum Gasteiger partial charge on any atom is 0.323 e. The van der Waals surface area contributed by atoms with Crippen molar-refractivity contribution in [3.8, 4) is 5.82 Å². The molecule has 0 saturated carbocycles. The third-order valence-corrected chi connectivity index (χ3v) is 3.76. The molecule has 0 aromatic carbocycles. The van der Waals surface area contributed by atoms with Gasteiger partial charge in [0.15, 0.2) is 5.82 Å². The average Bonchev–Trinajstić information content (AvgIpc) is 2.83. The Balaban J connectivity index is 2.46. The molecule has 0 aliphatic carbocycles. The third-order valence-electron chi connectivity index (χ3n) is 3.45. The molecular weight excluding hydrogens is 332 g/mol. The van der Waals surface area contributed by atoms with Crippen molar-refractivity contribution in [3.05, 3.63) is 40.3 Å². The molecule has 2 heterocycles. The van der Waals surface area contributed by atoms with Crippen molar-refractivity contribution in [1.82, 2.24) is 19.7 Å². The second kappa shape index (κ2) is 7.00. The quantitative estimate of drug-likeness (QED) is 0.894. The molecule has 0 fully saturated rings. The standard InChI is InChI=1S/C16H19ClN4O3/c1-9(2)20(8-14(22)23)16(24)15-12(17)5-6-13(18-15)21-11(4)7-10(3)19-21/h5-7,9H,8H2,1-4H3,(H,22,23). The van der Waals surface area contributed by atoms with Gasteiger partial charge in [0, 0.05) is 11.7 Å². The lowest BCUT2D eigenvalue weighted by Crippen LogP contribution is -2.41. The molecule has 2 aromatic rings. The van der Waals surface area contributed by atoms with Crippen molar-refractivity contribution in [2.24, 2.45) is 0 Å². The first-order valence-electron chi connectivity index (χ1n) is 7.43. The number of carboxylic acids is 1. The summed E-state index contributed by atoms with van der Waals surface area (Å²) in [6, 6.07) is 4.81. The van der Waals surface area contributed by atoms with Crippen LogP contribution in [0.25, 0.3) is 5.82 Å². The van der Waals surface area contributed by atoms with Gasteiger partial charge in [-0.1, -0.05) is 11.6 Å². The van der Waals surface area contributed by atoms with Crippen LogP contribution in [0.15, 0.2) is 18.2 Å². The van der Waals surface area contributed by atoms with Crippen molar-refractivity contribution >= 4 is 23.5 Å². The summed E-state index contributed by atoms with van der Waals surface area (Å²) >= 11 is 6.12. The fourth-order valence-electron chi connectivity index (χ4n) is 2.33. The second-order valence-electron chi connectivity index (χ2n) is 5.76. The minimum atomic E-state index is -1.09. The Morgan fingerprint density at radius 3 is 2.50 bits per heavy atom. The molecule has 0 aliphatic rings. The number of carbonyl (C=O) groups excluding carboxylic acids is 1. The number of pyridine rings is 1. The first-order valence-corrected chi connectivity index (χ1v) is 7.81.